The Kier molecular flexibility index (Phi) is 3.29. The van der Waals surface area contributed by atoms with Gasteiger partial charge < -0.3 is 9.30 Å². The van der Waals surface area contributed by atoms with Gasteiger partial charge in [0.1, 0.15) is 11.6 Å². The second-order valence-corrected chi connectivity index (χ2v) is 3.87. The number of rotatable bonds is 4. The van der Waals surface area contributed by atoms with Crippen LogP contribution in [0.3, 0.4) is 0 Å². The molecule has 2 aromatic rings. The summed E-state index contributed by atoms with van der Waals surface area (Å²) in [6.45, 7) is 3.01. The van der Waals surface area contributed by atoms with Gasteiger partial charge in [-0.25, -0.2) is 4.98 Å². The molecule has 0 radical (unpaired) electrons. The molecular formula is C13H15N3O. The molecule has 0 unspecified atom stereocenters. The lowest BCUT2D eigenvalue weighted by molar-refractivity contribution is 0.415. The van der Waals surface area contributed by atoms with E-state index in [0.717, 1.165) is 35.6 Å². The van der Waals surface area contributed by atoms with Crippen molar-refractivity contribution in [3.05, 3.63) is 24.0 Å². The quantitative estimate of drug-likeness (QED) is 0.809. The summed E-state index contributed by atoms with van der Waals surface area (Å²) in [5.74, 6) is 1.62. The fourth-order valence-electron chi connectivity index (χ4n) is 1.97. The maximum absolute atomic E-state index is 8.81. The Morgan fingerprint density at radius 2 is 2.29 bits per heavy atom. The van der Waals surface area contributed by atoms with E-state index in [2.05, 4.69) is 22.5 Å². The normalized spacial score (nSPS) is 10.4. The van der Waals surface area contributed by atoms with E-state index in [9.17, 15) is 0 Å². The van der Waals surface area contributed by atoms with Gasteiger partial charge in [-0.3, -0.25) is 0 Å². The Hall–Kier alpha value is -2.02. The molecule has 1 heterocycles. The van der Waals surface area contributed by atoms with E-state index < -0.39 is 0 Å². The molecule has 2 rings (SSSR count). The third kappa shape index (κ3) is 2.09. The number of aryl methyl sites for hydroxylation is 1. The average molecular weight is 229 g/mol. The van der Waals surface area contributed by atoms with Crippen LogP contribution in [0.2, 0.25) is 0 Å². The smallest absolute Gasteiger partial charge is 0.124 e. The molecule has 0 amide bonds. The van der Waals surface area contributed by atoms with Crippen molar-refractivity contribution >= 4 is 11.0 Å². The van der Waals surface area contributed by atoms with Gasteiger partial charge >= 0.3 is 0 Å². The lowest BCUT2D eigenvalue weighted by atomic mass is 10.3. The lowest BCUT2D eigenvalue weighted by Gasteiger charge is -2.05. The summed E-state index contributed by atoms with van der Waals surface area (Å²) in [5, 5.41) is 8.81. The van der Waals surface area contributed by atoms with Gasteiger partial charge in [0.15, 0.2) is 0 Å². The maximum Gasteiger partial charge on any atom is 0.124 e. The van der Waals surface area contributed by atoms with E-state index >= 15 is 0 Å². The van der Waals surface area contributed by atoms with Crippen LogP contribution >= 0.6 is 0 Å². The van der Waals surface area contributed by atoms with Crippen molar-refractivity contribution in [3.63, 3.8) is 0 Å². The van der Waals surface area contributed by atoms with E-state index in [4.69, 9.17) is 10.00 Å². The van der Waals surface area contributed by atoms with Crippen molar-refractivity contribution in [2.45, 2.75) is 26.3 Å². The molecule has 0 saturated heterocycles. The molecule has 17 heavy (non-hydrogen) atoms. The Morgan fingerprint density at radius 1 is 1.47 bits per heavy atom. The summed E-state index contributed by atoms with van der Waals surface area (Å²) in [5.41, 5.74) is 1.96. The first-order valence-corrected chi connectivity index (χ1v) is 5.70. The number of benzene rings is 1. The monoisotopic (exact) mass is 229 g/mol. The second-order valence-electron chi connectivity index (χ2n) is 3.87. The van der Waals surface area contributed by atoms with Crippen LogP contribution in [0.4, 0.5) is 0 Å². The summed E-state index contributed by atoms with van der Waals surface area (Å²) in [6, 6.07) is 7.98. The average Bonchev–Trinajstić information content (AvgIpc) is 2.68. The molecule has 0 N–H and O–H groups in total. The van der Waals surface area contributed by atoms with Gasteiger partial charge in [0, 0.05) is 12.6 Å². The summed E-state index contributed by atoms with van der Waals surface area (Å²) in [7, 11) is 1.64. The lowest BCUT2D eigenvalue weighted by Crippen LogP contribution is -2.02. The molecule has 0 aliphatic heterocycles. The minimum atomic E-state index is 0.344. The van der Waals surface area contributed by atoms with E-state index in [-0.39, 0.29) is 0 Å². The van der Waals surface area contributed by atoms with Crippen LogP contribution in [0.1, 0.15) is 19.2 Å². The largest absolute Gasteiger partial charge is 0.497 e. The Bertz CT molecular complexity index is 566. The molecule has 0 fully saturated rings. The van der Waals surface area contributed by atoms with Gasteiger partial charge in [-0.15, -0.1) is 0 Å². The van der Waals surface area contributed by atoms with Gasteiger partial charge in [-0.2, -0.15) is 5.26 Å². The molecule has 4 heteroatoms. The Morgan fingerprint density at radius 3 is 2.94 bits per heavy atom. The van der Waals surface area contributed by atoms with Crippen molar-refractivity contribution in [1.29, 1.82) is 5.26 Å². The number of nitriles is 1. The van der Waals surface area contributed by atoms with Gasteiger partial charge in [0.2, 0.25) is 0 Å². The topological polar surface area (TPSA) is 50.8 Å². The summed E-state index contributed by atoms with van der Waals surface area (Å²) < 4.78 is 7.29. The predicted octanol–water partition coefficient (Wildman–Crippen LogP) is 2.52. The maximum atomic E-state index is 8.81. The molecule has 0 atom stereocenters. The molecule has 1 aromatic carbocycles. The number of hydrogen-bond donors (Lipinski definition) is 0. The first-order valence-electron chi connectivity index (χ1n) is 5.70. The van der Waals surface area contributed by atoms with Gasteiger partial charge in [0.05, 0.1) is 30.6 Å². The van der Waals surface area contributed by atoms with Crippen molar-refractivity contribution in [2.75, 3.05) is 7.11 Å². The Labute approximate surface area is 100 Å². The standard InChI is InChI=1S/C13H15N3O/c1-3-8-16-12-5-4-10(17-2)9-11(12)15-13(16)6-7-14/h4-5,9H,3,6,8H2,1-2H3. The van der Waals surface area contributed by atoms with Crippen molar-refractivity contribution in [3.8, 4) is 11.8 Å². The first kappa shape index (κ1) is 11.5. The van der Waals surface area contributed by atoms with Crippen LogP contribution in [-0.4, -0.2) is 16.7 Å². The van der Waals surface area contributed by atoms with E-state index in [0.29, 0.717) is 6.42 Å². The minimum absolute atomic E-state index is 0.344. The fraction of sp³-hybridized carbons (Fsp3) is 0.385. The highest BCUT2D eigenvalue weighted by molar-refractivity contribution is 5.77. The third-order valence-electron chi connectivity index (χ3n) is 2.72. The Balaban J connectivity index is 2.57. The number of methoxy groups -OCH3 is 1. The highest BCUT2D eigenvalue weighted by atomic mass is 16.5. The molecular weight excluding hydrogens is 214 g/mol. The summed E-state index contributed by atoms with van der Waals surface area (Å²) >= 11 is 0. The van der Waals surface area contributed by atoms with E-state index in [1.54, 1.807) is 7.11 Å². The summed E-state index contributed by atoms with van der Waals surface area (Å²) in [6.07, 6.45) is 1.37. The van der Waals surface area contributed by atoms with Gasteiger partial charge in [0.25, 0.3) is 0 Å². The molecule has 4 nitrogen and oxygen atoms in total. The van der Waals surface area contributed by atoms with Gasteiger partial charge in [-0.1, -0.05) is 6.92 Å². The molecule has 88 valence electrons. The number of ether oxygens (including phenoxy) is 1. The van der Waals surface area contributed by atoms with Crippen LogP contribution in [0.25, 0.3) is 11.0 Å². The second kappa shape index (κ2) is 4.88. The molecule has 0 bridgehead atoms. The van der Waals surface area contributed by atoms with Gasteiger partial charge in [-0.05, 0) is 18.6 Å². The zero-order chi connectivity index (χ0) is 12.3. The van der Waals surface area contributed by atoms with Crippen molar-refractivity contribution < 1.29 is 4.74 Å². The number of nitrogens with zero attached hydrogens (tertiary/aromatic N) is 3. The number of imidazole rings is 1. The van der Waals surface area contributed by atoms with Crippen LogP contribution in [0.15, 0.2) is 18.2 Å². The zero-order valence-corrected chi connectivity index (χ0v) is 10.1. The zero-order valence-electron chi connectivity index (χ0n) is 10.1. The van der Waals surface area contributed by atoms with Crippen molar-refractivity contribution in [1.82, 2.24) is 9.55 Å². The van der Waals surface area contributed by atoms with E-state index in [1.807, 2.05) is 18.2 Å². The minimum Gasteiger partial charge on any atom is -0.497 e. The third-order valence-corrected chi connectivity index (χ3v) is 2.72. The molecule has 0 spiro atoms. The number of fused-ring (bicyclic) bond motifs is 1. The number of hydrogen-bond acceptors (Lipinski definition) is 3. The van der Waals surface area contributed by atoms with Crippen LogP contribution in [-0.2, 0) is 13.0 Å². The van der Waals surface area contributed by atoms with Crippen LogP contribution in [0, 0.1) is 11.3 Å². The molecule has 0 aliphatic rings. The first-order chi connectivity index (χ1) is 8.30. The highest BCUT2D eigenvalue weighted by Gasteiger charge is 2.10. The molecule has 0 saturated carbocycles. The predicted molar refractivity (Wildman–Crippen MR) is 65.9 cm³/mol. The van der Waals surface area contributed by atoms with Crippen LogP contribution in [0.5, 0.6) is 5.75 Å². The summed E-state index contributed by atoms with van der Waals surface area (Å²) in [4.78, 5) is 4.49. The van der Waals surface area contributed by atoms with Crippen LogP contribution < -0.4 is 4.74 Å². The molecule has 1 aromatic heterocycles. The van der Waals surface area contributed by atoms with E-state index in [1.165, 1.54) is 0 Å². The van der Waals surface area contributed by atoms with Crippen molar-refractivity contribution in [2.24, 2.45) is 0 Å². The molecule has 0 aliphatic carbocycles. The fourth-order valence-corrected chi connectivity index (χ4v) is 1.97. The number of aromatic nitrogens is 2. The highest BCUT2D eigenvalue weighted by Crippen LogP contribution is 2.22. The SMILES string of the molecule is CCCn1c(CC#N)nc2cc(OC)ccc21.